The van der Waals surface area contributed by atoms with Crippen LogP contribution < -0.4 is 10.6 Å². The van der Waals surface area contributed by atoms with Crippen molar-refractivity contribution in [2.24, 2.45) is 0 Å². The Labute approximate surface area is 113 Å². The number of halogens is 3. The SMILES string of the molecule is O=C(NCCOCC(F)(F)F)C1Cc2nc[nH]c2CN1. The van der Waals surface area contributed by atoms with Gasteiger partial charge in [-0.05, 0) is 0 Å². The summed E-state index contributed by atoms with van der Waals surface area (Å²) in [6.07, 6.45) is -2.32. The molecule has 2 heterocycles. The monoisotopic (exact) mass is 292 g/mol. The predicted octanol–water partition coefficient (Wildman–Crippen LogP) is 0.119. The number of aromatic nitrogens is 2. The van der Waals surface area contributed by atoms with E-state index in [-0.39, 0.29) is 19.1 Å². The van der Waals surface area contributed by atoms with Crippen molar-refractivity contribution in [1.82, 2.24) is 20.6 Å². The van der Waals surface area contributed by atoms with E-state index >= 15 is 0 Å². The van der Waals surface area contributed by atoms with E-state index in [0.717, 1.165) is 11.4 Å². The number of carbonyl (C=O) groups excluding carboxylic acids is 1. The third-order valence-electron chi connectivity index (χ3n) is 2.86. The van der Waals surface area contributed by atoms with Gasteiger partial charge in [0.1, 0.15) is 6.61 Å². The topological polar surface area (TPSA) is 79.0 Å². The summed E-state index contributed by atoms with van der Waals surface area (Å²) in [5, 5.41) is 5.55. The molecule has 1 aliphatic heterocycles. The minimum atomic E-state index is -4.34. The lowest BCUT2D eigenvalue weighted by Crippen LogP contribution is -2.48. The number of nitrogens with one attached hydrogen (secondary N) is 3. The van der Waals surface area contributed by atoms with Crippen molar-refractivity contribution < 1.29 is 22.7 Å². The summed E-state index contributed by atoms with van der Waals surface area (Å²) in [5.74, 6) is -0.269. The molecule has 1 amide bonds. The average Bonchev–Trinajstić information content (AvgIpc) is 2.83. The molecule has 6 nitrogen and oxygen atoms in total. The van der Waals surface area contributed by atoms with Crippen LogP contribution in [0.1, 0.15) is 11.4 Å². The highest BCUT2D eigenvalue weighted by Gasteiger charge is 2.28. The van der Waals surface area contributed by atoms with E-state index in [2.05, 4.69) is 25.3 Å². The van der Waals surface area contributed by atoms with Crippen LogP contribution in [0.3, 0.4) is 0 Å². The molecule has 9 heteroatoms. The van der Waals surface area contributed by atoms with Gasteiger partial charge in [0.05, 0.1) is 30.4 Å². The molecule has 3 N–H and O–H groups in total. The van der Waals surface area contributed by atoms with Gasteiger partial charge in [0.15, 0.2) is 0 Å². The lowest BCUT2D eigenvalue weighted by atomic mass is 10.1. The van der Waals surface area contributed by atoms with Crippen LogP contribution in [0, 0.1) is 0 Å². The van der Waals surface area contributed by atoms with Crippen LogP contribution in [0.15, 0.2) is 6.33 Å². The van der Waals surface area contributed by atoms with Crippen LogP contribution in [0.2, 0.25) is 0 Å². The Morgan fingerprint density at radius 2 is 2.35 bits per heavy atom. The van der Waals surface area contributed by atoms with Gasteiger partial charge < -0.3 is 15.0 Å². The standard InChI is InChI=1S/C11H15F3N4O2/c12-11(13,14)5-20-2-1-15-10(19)8-3-7-9(4-16-8)18-6-17-7/h6,8,16H,1-5H2,(H,15,19)(H,17,18). The molecule has 2 rings (SSSR count). The van der Waals surface area contributed by atoms with Crippen LogP contribution in [0.25, 0.3) is 0 Å². The van der Waals surface area contributed by atoms with E-state index in [1.807, 2.05) is 0 Å². The number of aromatic amines is 1. The first-order chi connectivity index (χ1) is 9.46. The van der Waals surface area contributed by atoms with E-state index in [9.17, 15) is 18.0 Å². The second-order valence-corrected chi connectivity index (χ2v) is 4.42. The summed E-state index contributed by atoms with van der Waals surface area (Å²) in [4.78, 5) is 18.9. The van der Waals surface area contributed by atoms with Crippen molar-refractivity contribution in [2.75, 3.05) is 19.8 Å². The maximum Gasteiger partial charge on any atom is 0.411 e. The van der Waals surface area contributed by atoms with Gasteiger partial charge in [-0.25, -0.2) is 4.98 Å². The Kier molecular flexibility index (Phi) is 4.61. The molecular formula is C11H15F3N4O2. The molecule has 20 heavy (non-hydrogen) atoms. The number of imidazole rings is 1. The van der Waals surface area contributed by atoms with E-state index in [1.165, 1.54) is 0 Å². The molecule has 1 unspecified atom stereocenters. The van der Waals surface area contributed by atoms with Crippen LogP contribution in [0.5, 0.6) is 0 Å². The van der Waals surface area contributed by atoms with Gasteiger partial charge in [0.25, 0.3) is 0 Å². The second-order valence-electron chi connectivity index (χ2n) is 4.42. The normalized spacial score (nSPS) is 18.6. The van der Waals surface area contributed by atoms with Crippen molar-refractivity contribution in [3.8, 4) is 0 Å². The number of hydrogen-bond donors (Lipinski definition) is 3. The van der Waals surface area contributed by atoms with Crippen molar-refractivity contribution >= 4 is 5.91 Å². The zero-order valence-electron chi connectivity index (χ0n) is 10.6. The first-order valence-corrected chi connectivity index (χ1v) is 6.12. The fourth-order valence-corrected chi connectivity index (χ4v) is 1.91. The van der Waals surface area contributed by atoms with Crippen molar-refractivity contribution in [1.29, 1.82) is 0 Å². The summed E-state index contributed by atoms with van der Waals surface area (Å²) >= 11 is 0. The third-order valence-corrected chi connectivity index (χ3v) is 2.86. The molecule has 0 bridgehead atoms. The molecule has 0 fully saturated rings. The molecule has 1 aromatic rings. The van der Waals surface area contributed by atoms with E-state index < -0.39 is 18.8 Å². The minimum absolute atomic E-state index is 0.0422. The fraction of sp³-hybridized carbons (Fsp3) is 0.636. The number of ether oxygens (including phenoxy) is 1. The summed E-state index contributed by atoms with van der Waals surface area (Å²) in [6.45, 7) is -0.925. The summed E-state index contributed by atoms with van der Waals surface area (Å²) in [5.41, 5.74) is 1.78. The molecule has 0 saturated heterocycles. The van der Waals surface area contributed by atoms with Gasteiger partial charge in [-0.15, -0.1) is 0 Å². The summed E-state index contributed by atoms with van der Waals surface area (Å²) in [7, 11) is 0. The highest BCUT2D eigenvalue weighted by atomic mass is 19.4. The number of H-pyrrole nitrogens is 1. The quantitative estimate of drug-likeness (QED) is 0.674. The number of rotatable bonds is 5. The van der Waals surface area contributed by atoms with E-state index in [0.29, 0.717) is 13.0 Å². The Bertz CT molecular complexity index is 461. The number of hydrogen-bond acceptors (Lipinski definition) is 4. The highest BCUT2D eigenvalue weighted by molar-refractivity contribution is 5.82. The zero-order chi connectivity index (χ0) is 14.6. The lowest BCUT2D eigenvalue weighted by molar-refractivity contribution is -0.173. The number of amides is 1. The first-order valence-electron chi connectivity index (χ1n) is 6.12. The number of alkyl halides is 3. The Hall–Kier alpha value is -1.61. The van der Waals surface area contributed by atoms with Gasteiger partial charge in [-0.1, -0.05) is 0 Å². The molecule has 1 aromatic heterocycles. The van der Waals surface area contributed by atoms with Crippen LogP contribution in [-0.4, -0.2) is 47.9 Å². The van der Waals surface area contributed by atoms with Gasteiger partial charge in [0, 0.05) is 19.5 Å². The first kappa shape index (κ1) is 14.8. The molecule has 0 aromatic carbocycles. The Balaban J connectivity index is 1.66. The molecule has 0 spiro atoms. The van der Waals surface area contributed by atoms with Crippen LogP contribution >= 0.6 is 0 Å². The van der Waals surface area contributed by atoms with Gasteiger partial charge in [0.2, 0.25) is 5.91 Å². The fourth-order valence-electron chi connectivity index (χ4n) is 1.91. The Morgan fingerprint density at radius 3 is 3.10 bits per heavy atom. The number of carbonyl (C=O) groups is 1. The summed E-state index contributed by atoms with van der Waals surface area (Å²) < 4.78 is 39.8. The van der Waals surface area contributed by atoms with Gasteiger partial charge in [-0.3, -0.25) is 10.1 Å². The van der Waals surface area contributed by atoms with Gasteiger partial charge in [-0.2, -0.15) is 13.2 Å². The number of fused-ring (bicyclic) bond motifs is 1. The van der Waals surface area contributed by atoms with Crippen molar-refractivity contribution in [3.63, 3.8) is 0 Å². The molecule has 112 valence electrons. The van der Waals surface area contributed by atoms with Crippen LogP contribution in [0.4, 0.5) is 13.2 Å². The average molecular weight is 292 g/mol. The largest absolute Gasteiger partial charge is 0.411 e. The lowest BCUT2D eigenvalue weighted by Gasteiger charge is -2.22. The van der Waals surface area contributed by atoms with Crippen molar-refractivity contribution in [3.05, 3.63) is 17.7 Å². The third kappa shape index (κ3) is 4.20. The Morgan fingerprint density at radius 1 is 1.55 bits per heavy atom. The smallest absolute Gasteiger partial charge is 0.370 e. The number of nitrogens with zero attached hydrogens (tertiary/aromatic N) is 1. The van der Waals surface area contributed by atoms with Crippen LogP contribution in [-0.2, 0) is 22.5 Å². The second kappa shape index (κ2) is 6.23. The molecule has 1 atom stereocenters. The zero-order valence-corrected chi connectivity index (χ0v) is 10.6. The van der Waals surface area contributed by atoms with Crippen molar-refractivity contribution in [2.45, 2.75) is 25.2 Å². The predicted molar refractivity (Wildman–Crippen MR) is 62.8 cm³/mol. The molecule has 1 aliphatic rings. The maximum atomic E-state index is 11.8. The molecule has 0 aliphatic carbocycles. The van der Waals surface area contributed by atoms with Gasteiger partial charge >= 0.3 is 6.18 Å². The van der Waals surface area contributed by atoms with E-state index in [4.69, 9.17) is 0 Å². The highest BCUT2D eigenvalue weighted by Crippen LogP contribution is 2.14. The maximum absolute atomic E-state index is 11.8. The summed E-state index contributed by atoms with van der Waals surface area (Å²) in [6, 6.07) is -0.423. The molecule has 0 saturated carbocycles. The molecule has 0 radical (unpaired) electrons. The van der Waals surface area contributed by atoms with E-state index in [1.54, 1.807) is 6.33 Å². The minimum Gasteiger partial charge on any atom is -0.370 e. The molecular weight excluding hydrogens is 277 g/mol.